The van der Waals surface area contributed by atoms with Crippen LogP contribution in [0, 0.1) is 0 Å². The second kappa shape index (κ2) is 5.22. The summed E-state index contributed by atoms with van der Waals surface area (Å²) < 4.78 is 21.6. The highest BCUT2D eigenvalue weighted by Crippen LogP contribution is 2.11. The van der Waals surface area contributed by atoms with Crippen molar-refractivity contribution in [2.45, 2.75) is 18.9 Å². The van der Waals surface area contributed by atoms with E-state index in [9.17, 15) is 8.42 Å². The Morgan fingerprint density at radius 2 is 2.31 bits per heavy atom. The Hall–Kier alpha value is 0.260. The summed E-state index contributed by atoms with van der Waals surface area (Å²) in [5, 5.41) is 3.38. The highest BCUT2D eigenvalue weighted by molar-refractivity contribution is 8.00. The van der Waals surface area contributed by atoms with Crippen LogP contribution < -0.4 is 5.32 Å². The van der Waals surface area contributed by atoms with Crippen LogP contribution in [0.3, 0.4) is 0 Å². The third kappa shape index (κ3) is 5.54. The molecule has 0 aromatic carbocycles. The van der Waals surface area contributed by atoms with E-state index in [1.807, 2.05) is 0 Å². The van der Waals surface area contributed by atoms with Crippen LogP contribution in [0.25, 0.3) is 0 Å². The Morgan fingerprint density at radius 3 is 2.85 bits per heavy atom. The molecule has 1 rings (SSSR count). The van der Waals surface area contributed by atoms with Gasteiger partial charge in [0.1, 0.15) is 9.84 Å². The molecule has 0 saturated carbocycles. The van der Waals surface area contributed by atoms with E-state index in [0.29, 0.717) is 11.8 Å². The molecule has 1 N–H and O–H groups in total. The van der Waals surface area contributed by atoms with Crippen LogP contribution in [0.2, 0.25) is 0 Å². The maximum atomic E-state index is 10.8. The molecule has 78 valence electrons. The van der Waals surface area contributed by atoms with Gasteiger partial charge in [0.05, 0.1) is 5.75 Å². The van der Waals surface area contributed by atoms with Crippen molar-refractivity contribution in [1.82, 2.24) is 5.32 Å². The second-order valence-corrected chi connectivity index (χ2v) is 6.91. The van der Waals surface area contributed by atoms with Crippen LogP contribution in [0.4, 0.5) is 0 Å². The first kappa shape index (κ1) is 11.3. The fraction of sp³-hybridized carbons (Fsp3) is 1.00. The number of nitrogens with one attached hydrogen (secondary N) is 1. The minimum atomic E-state index is -2.76. The minimum Gasteiger partial charge on any atom is -0.313 e. The van der Waals surface area contributed by atoms with E-state index in [1.54, 1.807) is 11.8 Å². The summed E-state index contributed by atoms with van der Waals surface area (Å²) in [6.45, 7) is 1.12. The second-order valence-electron chi connectivity index (χ2n) is 3.50. The zero-order chi connectivity index (χ0) is 9.73. The Labute approximate surface area is 84.6 Å². The van der Waals surface area contributed by atoms with Gasteiger partial charge in [0.25, 0.3) is 0 Å². The predicted molar refractivity (Wildman–Crippen MR) is 58.1 cm³/mol. The molecule has 1 fully saturated rings. The standard InChI is InChI=1S/C8H17NO2S2/c1-13(10,11)6-5-12-7-8-3-2-4-9-8/h8-9H,2-7H2,1H3/t8-/m1/s1. The van der Waals surface area contributed by atoms with Crippen LogP contribution in [0.5, 0.6) is 0 Å². The largest absolute Gasteiger partial charge is 0.313 e. The molecule has 0 aromatic rings. The van der Waals surface area contributed by atoms with Gasteiger partial charge >= 0.3 is 0 Å². The normalized spacial score (nSPS) is 23.6. The molecule has 0 spiro atoms. The molecule has 1 atom stereocenters. The summed E-state index contributed by atoms with van der Waals surface area (Å²) in [6, 6.07) is 0.615. The van der Waals surface area contributed by atoms with E-state index in [4.69, 9.17) is 0 Å². The van der Waals surface area contributed by atoms with Gasteiger partial charge in [0.2, 0.25) is 0 Å². The highest BCUT2D eigenvalue weighted by atomic mass is 32.2. The molecule has 3 nitrogen and oxygen atoms in total. The summed E-state index contributed by atoms with van der Waals surface area (Å²) in [4.78, 5) is 0. The maximum absolute atomic E-state index is 10.8. The average molecular weight is 223 g/mol. The Morgan fingerprint density at radius 1 is 1.54 bits per heavy atom. The molecule has 0 aliphatic carbocycles. The lowest BCUT2D eigenvalue weighted by Gasteiger charge is -2.08. The molecule has 13 heavy (non-hydrogen) atoms. The van der Waals surface area contributed by atoms with E-state index in [-0.39, 0.29) is 0 Å². The molecule has 1 aliphatic rings. The lowest BCUT2D eigenvalue weighted by molar-refractivity contribution is 0.603. The van der Waals surface area contributed by atoms with Crippen molar-refractivity contribution in [1.29, 1.82) is 0 Å². The van der Waals surface area contributed by atoms with Crippen LogP contribution in [-0.4, -0.2) is 44.5 Å². The monoisotopic (exact) mass is 223 g/mol. The zero-order valence-corrected chi connectivity index (χ0v) is 9.59. The highest BCUT2D eigenvalue weighted by Gasteiger charge is 2.13. The minimum absolute atomic E-state index is 0.310. The quantitative estimate of drug-likeness (QED) is 0.690. The van der Waals surface area contributed by atoms with Gasteiger partial charge in [-0.05, 0) is 19.4 Å². The van der Waals surface area contributed by atoms with Gasteiger partial charge < -0.3 is 5.32 Å². The first-order valence-corrected chi connectivity index (χ1v) is 7.78. The van der Waals surface area contributed by atoms with Gasteiger partial charge in [-0.3, -0.25) is 0 Å². The number of sulfone groups is 1. The third-order valence-corrected chi connectivity index (χ3v) is 4.41. The van der Waals surface area contributed by atoms with Crippen molar-refractivity contribution < 1.29 is 8.42 Å². The Balaban J connectivity index is 2.01. The average Bonchev–Trinajstić information content (AvgIpc) is 2.48. The molecule has 0 radical (unpaired) electrons. The van der Waals surface area contributed by atoms with E-state index < -0.39 is 9.84 Å². The first-order chi connectivity index (χ1) is 6.08. The van der Waals surface area contributed by atoms with Crippen molar-refractivity contribution in [3.05, 3.63) is 0 Å². The lowest BCUT2D eigenvalue weighted by Crippen LogP contribution is -2.24. The molecule has 1 saturated heterocycles. The van der Waals surface area contributed by atoms with Crippen molar-refractivity contribution in [2.24, 2.45) is 0 Å². The molecule has 1 heterocycles. The topological polar surface area (TPSA) is 46.2 Å². The fourth-order valence-corrected chi connectivity index (χ4v) is 3.75. The molecule has 0 amide bonds. The van der Waals surface area contributed by atoms with Crippen LogP contribution in [-0.2, 0) is 9.84 Å². The number of rotatable bonds is 5. The van der Waals surface area contributed by atoms with Gasteiger partial charge in [-0.25, -0.2) is 8.42 Å². The summed E-state index contributed by atoms with van der Waals surface area (Å²) in [5.41, 5.74) is 0. The number of thioether (sulfide) groups is 1. The molecule has 0 unspecified atom stereocenters. The van der Waals surface area contributed by atoms with E-state index in [0.717, 1.165) is 18.1 Å². The molecular formula is C8H17NO2S2. The van der Waals surface area contributed by atoms with Crippen molar-refractivity contribution in [3.63, 3.8) is 0 Å². The van der Waals surface area contributed by atoms with Crippen LogP contribution in [0.15, 0.2) is 0 Å². The SMILES string of the molecule is CS(=O)(=O)CCSC[C@H]1CCCN1. The van der Waals surface area contributed by atoms with E-state index >= 15 is 0 Å². The summed E-state index contributed by atoms with van der Waals surface area (Å²) >= 11 is 1.74. The van der Waals surface area contributed by atoms with Gasteiger partial charge in [0, 0.05) is 23.8 Å². The maximum Gasteiger partial charge on any atom is 0.148 e. The lowest BCUT2D eigenvalue weighted by atomic mass is 10.3. The molecule has 5 heteroatoms. The fourth-order valence-electron chi connectivity index (χ4n) is 1.33. The predicted octanol–water partition coefficient (Wildman–Crippen LogP) is 0.516. The smallest absolute Gasteiger partial charge is 0.148 e. The van der Waals surface area contributed by atoms with Gasteiger partial charge in [0.15, 0.2) is 0 Å². The molecule has 0 aromatic heterocycles. The number of hydrogen-bond donors (Lipinski definition) is 1. The van der Waals surface area contributed by atoms with Gasteiger partial charge in [-0.15, -0.1) is 0 Å². The van der Waals surface area contributed by atoms with Crippen molar-refractivity contribution in [3.8, 4) is 0 Å². The van der Waals surface area contributed by atoms with Crippen LogP contribution >= 0.6 is 11.8 Å². The molecule has 0 bridgehead atoms. The summed E-state index contributed by atoms with van der Waals surface area (Å²) in [6.07, 6.45) is 3.80. The van der Waals surface area contributed by atoms with Crippen molar-refractivity contribution >= 4 is 21.6 Å². The molecular weight excluding hydrogens is 206 g/mol. The van der Waals surface area contributed by atoms with Gasteiger partial charge in [-0.2, -0.15) is 11.8 Å². The van der Waals surface area contributed by atoms with E-state index in [2.05, 4.69) is 5.32 Å². The Kier molecular flexibility index (Phi) is 4.55. The molecule has 1 aliphatic heterocycles. The first-order valence-electron chi connectivity index (χ1n) is 4.57. The van der Waals surface area contributed by atoms with Crippen molar-refractivity contribution in [2.75, 3.05) is 30.1 Å². The Bertz CT molecular complexity index is 233. The van der Waals surface area contributed by atoms with Crippen LogP contribution in [0.1, 0.15) is 12.8 Å². The van der Waals surface area contributed by atoms with E-state index in [1.165, 1.54) is 19.1 Å². The third-order valence-electron chi connectivity index (χ3n) is 2.08. The van der Waals surface area contributed by atoms with Gasteiger partial charge in [-0.1, -0.05) is 0 Å². The number of hydrogen-bond acceptors (Lipinski definition) is 4. The summed E-state index contributed by atoms with van der Waals surface area (Å²) in [7, 11) is -2.76. The summed E-state index contributed by atoms with van der Waals surface area (Å²) in [5.74, 6) is 2.09. The zero-order valence-electron chi connectivity index (χ0n) is 7.95.